The van der Waals surface area contributed by atoms with Gasteiger partial charge < -0.3 is 14.4 Å². The second kappa shape index (κ2) is 4.68. The van der Waals surface area contributed by atoms with Crippen molar-refractivity contribution in [3.05, 3.63) is 23.8 Å². The van der Waals surface area contributed by atoms with Crippen molar-refractivity contribution in [3.8, 4) is 5.75 Å². The molecule has 2 rings (SSSR count). The van der Waals surface area contributed by atoms with Crippen molar-refractivity contribution >= 4 is 17.6 Å². The van der Waals surface area contributed by atoms with Crippen LogP contribution in [0.3, 0.4) is 0 Å². The molecule has 0 radical (unpaired) electrons. The highest BCUT2D eigenvalue weighted by Gasteiger charge is 2.31. The first-order chi connectivity index (χ1) is 8.58. The van der Waals surface area contributed by atoms with Gasteiger partial charge in [-0.15, -0.1) is 0 Å². The van der Waals surface area contributed by atoms with E-state index in [2.05, 4.69) is 4.74 Å². The van der Waals surface area contributed by atoms with Gasteiger partial charge in [0.15, 0.2) is 6.10 Å². The van der Waals surface area contributed by atoms with E-state index in [1.165, 1.54) is 7.11 Å². The number of carbonyl (C=O) groups excluding carboxylic acids is 2. The van der Waals surface area contributed by atoms with Gasteiger partial charge in [0.1, 0.15) is 5.75 Å². The van der Waals surface area contributed by atoms with E-state index in [1.54, 1.807) is 30.0 Å². The number of hydrogen-bond donors (Lipinski definition) is 0. The van der Waals surface area contributed by atoms with Crippen LogP contribution in [0.5, 0.6) is 5.75 Å². The van der Waals surface area contributed by atoms with Gasteiger partial charge in [0.2, 0.25) is 0 Å². The Bertz CT molecular complexity index is 498. The molecule has 1 aromatic carbocycles. The molecule has 1 aromatic rings. The van der Waals surface area contributed by atoms with Crippen LogP contribution in [-0.2, 0) is 9.53 Å². The Morgan fingerprint density at radius 3 is 2.83 bits per heavy atom. The third kappa shape index (κ3) is 1.92. The molecule has 1 unspecified atom stereocenters. The van der Waals surface area contributed by atoms with Gasteiger partial charge in [0, 0.05) is 6.54 Å². The van der Waals surface area contributed by atoms with E-state index in [-0.39, 0.29) is 5.91 Å². The number of anilines is 1. The number of ether oxygens (including phenoxy) is 2. The molecule has 1 heterocycles. The zero-order chi connectivity index (χ0) is 13.3. The molecule has 0 fully saturated rings. The van der Waals surface area contributed by atoms with Crippen molar-refractivity contribution in [2.45, 2.75) is 20.0 Å². The molecule has 5 nitrogen and oxygen atoms in total. The maximum atomic E-state index is 12.0. The number of rotatable bonds is 2. The van der Waals surface area contributed by atoms with Crippen LogP contribution in [0.25, 0.3) is 0 Å². The standard InChI is InChI=1S/C13H15NO4/c1-4-14-10-7-9(13(16)17-3)5-6-11(10)18-8(2)12(14)15/h5-8H,4H2,1-3H3. The summed E-state index contributed by atoms with van der Waals surface area (Å²) in [5, 5.41) is 0. The van der Waals surface area contributed by atoms with Crippen molar-refractivity contribution in [1.29, 1.82) is 0 Å². The van der Waals surface area contributed by atoms with Crippen LogP contribution in [-0.4, -0.2) is 31.6 Å². The SMILES string of the molecule is CCN1C(=O)C(C)Oc2ccc(C(=O)OC)cc21. The minimum absolute atomic E-state index is 0.105. The molecule has 5 heteroatoms. The molecule has 18 heavy (non-hydrogen) atoms. The van der Waals surface area contributed by atoms with E-state index in [9.17, 15) is 9.59 Å². The molecule has 0 saturated carbocycles. The second-order valence-corrected chi connectivity index (χ2v) is 4.02. The lowest BCUT2D eigenvalue weighted by atomic mass is 10.1. The number of amides is 1. The van der Waals surface area contributed by atoms with E-state index in [4.69, 9.17) is 4.74 Å². The quantitative estimate of drug-likeness (QED) is 0.747. The summed E-state index contributed by atoms with van der Waals surface area (Å²) in [6, 6.07) is 4.93. The average molecular weight is 249 g/mol. The zero-order valence-corrected chi connectivity index (χ0v) is 10.6. The van der Waals surface area contributed by atoms with Gasteiger partial charge >= 0.3 is 5.97 Å². The van der Waals surface area contributed by atoms with E-state index < -0.39 is 12.1 Å². The van der Waals surface area contributed by atoms with E-state index in [0.717, 1.165) is 0 Å². The summed E-state index contributed by atoms with van der Waals surface area (Å²) in [6.45, 7) is 4.12. The number of nitrogens with zero attached hydrogens (tertiary/aromatic N) is 1. The first-order valence-electron chi connectivity index (χ1n) is 5.79. The van der Waals surface area contributed by atoms with Crippen LogP contribution in [0.15, 0.2) is 18.2 Å². The van der Waals surface area contributed by atoms with Crippen molar-refractivity contribution in [3.63, 3.8) is 0 Å². The number of carbonyl (C=O) groups is 2. The Morgan fingerprint density at radius 1 is 1.50 bits per heavy atom. The van der Waals surface area contributed by atoms with Crippen LogP contribution < -0.4 is 9.64 Å². The normalized spacial score (nSPS) is 18.1. The fourth-order valence-electron chi connectivity index (χ4n) is 1.98. The topological polar surface area (TPSA) is 55.8 Å². The molecule has 1 aliphatic heterocycles. The summed E-state index contributed by atoms with van der Waals surface area (Å²) in [5.41, 5.74) is 1.02. The monoisotopic (exact) mass is 249 g/mol. The van der Waals surface area contributed by atoms with Gasteiger partial charge in [-0.05, 0) is 32.0 Å². The Labute approximate surface area is 105 Å². The molecule has 0 spiro atoms. The Morgan fingerprint density at radius 2 is 2.22 bits per heavy atom. The number of hydrogen-bond acceptors (Lipinski definition) is 4. The molecule has 1 atom stereocenters. The minimum Gasteiger partial charge on any atom is -0.479 e. The molecule has 0 aliphatic carbocycles. The number of benzene rings is 1. The van der Waals surface area contributed by atoms with E-state index in [0.29, 0.717) is 23.5 Å². The minimum atomic E-state index is -0.499. The maximum Gasteiger partial charge on any atom is 0.337 e. The molecule has 0 aromatic heterocycles. The lowest BCUT2D eigenvalue weighted by molar-refractivity contribution is -0.125. The summed E-state index contributed by atoms with van der Waals surface area (Å²) < 4.78 is 10.2. The molecular formula is C13H15NO4. The largest absolute Gasteiger partial charge is 0.479 e. The third-order valence-electron chi connectivity index (χ3n) is 2.90. The van der Waals surface area contributed by atoms with Crippen LogP contribution >= 0.6 is 0 Å². The van der Waals surface area contributed by atoms with Gasteiger partial charge in [-0.25, -0.2) is 4.79 Å². The van der Waals surface area contributed by atoms with Crippen LogP contribution in [0.1, 0.15) is 24.2 Å². The number of methoxy groups -OCH3 is 1. The van der Waals surface area contributed by atoms with Gasteiger partial charge in [-0.1, -0.05) is 0 Å². The van der Waals surface area contributed by atoms with Crippen LogP contribution in [0.2, 0.25) is 0 Å². The highest BCUT2D eigenvalue weighted by molar-refractivity contribution is 6.01. The molecule has 0 saturated heterocycles. The van der Waals surface area contributed by atoms with Crippen LogP contribution in [0.4, 0.5) is 5.69 Å². The van der Waals surface area contributed by atoms with Crippen molar-refractivity contribution in [2.24, 2.45) is 0 Å². The summed E-state index contributed by atoms with van der Waals surface area (Å²) in [5.74, 6) is 0.0727. The average Bonchev–Trinajstić information content (AvgIpc) is 2.39. The van der Waals surface area contributed by atoms with Gasteiger partial charge in [-0.2, -0.15) is 0 Å². The van der Waals surface area contributed by atoms with Crippen molar-refractivity contribution < 1.29 is 19.1 Å². The summed E-state index contributed by atoms with van der Waals surface area (Å²) >= 11 is 0. The fourth-order valence-corrected chi connectivity index (χ4v) is 1.98. The first-order valence-corrected chi connectivity index (χ1v) is 5.79. The van der Waals surface area contributed by atoms with Crippen molar-refractivity contribution in [2.75, 3.05) is 18.6 Å². The Balaban J connectivity index is 2.47. The summed E-state index contributed by atoms with van der Waals surface area (Å²) in [6.07, 6.45) is -0.499. The Kier molecular flexibility index (Phi) is 3.23. The van der Waals surface area contributed by atoms with Gasteiger partial charge in [0.25, 0.3) is 5.91 Å². The van der Waals surface area contributed by atoms with E-state index >= 15 is 0 Å². The lowest BCUT2D eigenvalue weighted by Crippen LogP contribution is -2.44. The second-order valence-electron chi connectivity index (χ2n) is 4.02. The molecule has 0 bridgehead atoms. The van der Waals surface area contributed by atoms with E-state index in [1.807, 2.05) is 6.92 Å². The first kappa shape index (κ1) is 12.4. The highest BCUT2D eigenvalue weighted by atomic mass is 16.5. The molecule has 0 N–H and O–H groups in total. The maximum absolute atomic E-state index is 12.0. The summed E-state index contributed by atoms with van der Waals surface area (Å²) in [7, 11) is 1.32. The Hall–Kier alpha value is -2.04. The van der Waals surface area contributed by atoms with Gasteiger partial charge in [0.05, 0.1) is 18.4 Å². The molecule has 1 aliphatic rings. The van der Waals surface area contributed by atoms with Gasteiger partial charge in [-0.3, -0.25) is 4.79 Å². The smallest absolute Gasteiger partial charge is 0.337 e. The zero-order valence-electron chi connectivity index (χ0n) is 10.6. The summed E-state index contributed by atoms with van der Waals surface area (Å²) in [4.78, 5) is 25.0. The third-order valence-corrected chi connectivity index (χ3v) is 2.90. The molecular weight excluding hydrogens is 234 g/mol. The number of fused-ring (bicyclic) bond motifs is 1. The number of esters is 1. The molecule has 96 valence electrons. The lowest BCUT2D eigenvalue weighted by Gasteiger charge is -2.32. The predicted molar refractivity (Wildman–Crippen MR) is 65.9 cm³/mol. The van der Waals surface area contributed by atoms with Crippen molar-refractivity contribution in [1.82, 2.24) is 0 Å². The number of likely N-dealkylation sites (N-methyl/N-ethyl adjacent to an activating group) is 1. The molecule has 1 amide bonds. The van der Waals surface area contributed by atoms with Crippen LogP contribution in [0, 0.1) is 0 Å². The fraction of sp³-hybridized carbons (Fsp3) is 0.385. The predicted octanol–water partition coefficient (Wildman–Crippen LogP) is 1.61. The highest BCUT2D eigenvalue weighted by Crippen LogP contribution is 2.34.